The molecule has 0 unspecified atom stereocenters. The largest absolute Gasteiger partial charge is 0.367 e. The van der Waals surface area contributed by atoms with Gasteiger partial charge in [0, 0.05) is 11.1 Å². The van der Waals surface area contributed by atoms with E-state index in [-0.39, 0.29) is 0 Å². The summed E-state index contributed by atoms with van der Waals surface area (Å²) >= 11 is 0. The Labute approximate surface area is 105 Å². The Morgan fingerprint density at radius 3 is 2.72 bits per heavy atom. The smallest absolute Gasteiger partial charge is 0.225 e. The van der Waals surface area contributed by atoms with Gasteiger partial charge in [-0.2, -0.15) is 0 Å². The molecule has 18 heavy (non-hydrogen) atoms. The lowest BCUT2D eigenvalue weighted by atomic mass is 9.99. The standard InChI is InChI=1S/C15H14N2O/c1-2-11-14(17-18-15(11)16)13-9-5-7-10-6-3-4-8-12(10)13/h3-9H,2,16H2,1H3. The maximum atomic E-state index is 5.80. The maximum Gasteiger partial charge on any atom is 0.225 e. The molecule has 1 heterocycles. The number of anilines is 1. The van der Waals surface area contributed by atoms with E-state index in [0.29, 0.717) is 5.88 Å². The Kier molecular flexibility index (Phi) is 2.52. The van der Waals surface area contributed by atoms with E-state index in [4.69, 9.17) is 10.3 Å². The zero-order valence-electron chi connectivity index (χ0n) is 10.2. The summed E-state index contributed by atoms with van der Waals surface area (Å²) in [7, 11) is 0. The van der Waals surface area contributed by atoms with Gasteiger partial charge in [-0.3, -0.25) is 0 Å². The van der Waals surface area contributed by atoms with Crippen molar-refractivity contribution in [2.75, 3.05) is 5.73 Å². The second-order valence-corrected chi connectivity index (χ2v) is 4.25. The summed E-state index contributed by atoms with van der Waals surface area (Å²) < 4.78 is 5.12. The van der Waals surface area contributed by atoms with Gasteiger partial charge in [-0.15, -0.1) is 0 Å². The zero-order valence-corrected chi connectivity index (χ0v) is 10.2. The predicted molar refractivity (Wildman–Crippen MR) is 73.2 cm³/mol. The first-order valence-corrected chi connectivity index (χ1v) is 6.03. The highest BCUT2D eigenvalue weighted by atomic mass is 16.5. The van der Waals surface area contributed by atoms with Gasteiger partial charge >= 0.3 is 0 Å². The molecule has 0 aliphatic carbocycles. The van der Waals surface area contributed by atoms with Crippen LogP contribution < -0.4 is 5.73 Å². The van der Waals surface area contributed by atoms with Crippen LogP contribution in [0.25, 0.3) is 22.0 Å². The highest BCUT2D eigenvalue weighted by molar-refractivity contribution is 5.96. The molecule has 0 atom stereocenters. The van der Waals surface area contributed by atoms with Crippen LogP contribution >= 0.6 is 0 Å². The average molecular weight is 238 g/mol. The average Bonchev–Trinajstić information content (AvgIpc) is 2.79. The SMILES string of the molecule is CCc1c(-c2cccc3ccccc23)noc1N. The van der Waals surface area contributed by atoms with Crippen LogP contribution in [0.4, 0.5) is 5.88 Å². The number of nitrogen functional groups attached to an aromatic ring is 1. The molecule has 0 saturated carbocycles. The summed E-state index contributed by atoms with van der Waals surface area (Å²) in [5.41, 5.74) is 8.71. The number of fused-ring (bicyclic) bond motifs is 1. The lowest BCUT2D eigenvalue weighted by molar-refractivity contribution is 0.438. The summed E-state index contributed by atoms with van der Waals surface area (Å²) in [6.07, 6.45) is 0.813. The van der Waals surface area contributed by atoms with Crippen LogP contribution in [0.5, 0.6) is 0 Å². The number of rotatable bonds is 2. The van der Waals surface area contributed by atoms with E-state index < -0.39 is 0 Å². The van der Waals surface area contributed by atoms with Crippen LogP contribution in [0, 0.1) is 0 Å². The Balaban J connectivity index is 2.31. The first-order chi connectivity index (χ1) is 8.81. The highest BCUT2D eigenvalue weighted by Crippen LogP contribution is 2.32. The molecule has 0 aliphatic heterocycles. The summed E-state index contributed by atoms with van der Waals surface area (Å²) in [5.74, 6) is 0.417. The third-order valence-corrected chi connectivity index (χ3v) is 3.22. The molecule has 0 radical (unpaired) electrons. The van der Waals surface area contributed by atoms with Gasteiger partial charge in [0.1, 0.15) is 5.69 Å². The number of aromatic nitrogens is 1. The number of nitrogens with two attached hydrogens (primary N) is 1. The minimum absolute atomic E-state index is 0.417. The summed E-state index contributed by atoms with van der Waals surface area (Å²) in [6.45, 7) is 2.05. The van der Waals surface area contributed by atoms with E-state index in [0.717, 1.165) is 23.2 Å². The second-order valence-electron chi connectivity index (χ2n) is 4.25. The van der Waals surface area contributed by atoms with Crippen molar-refractivity contribution in [3.8, 4) is 11.3 Å². The normalized spacial score (nSPS) is 10.9. The quantitative estimate of drug-likeness (QED) is 0.741. The Hall–Kier alpha value is -2.29. The van der Waals surface area contributed by atoms with Crippen molar-refractivity contribution in [1.82, 2.24) is 5.16 Å². The van der Waals surface area contributed by atoms with Crippen LogP contribution in [0.2, 0.25) is 0 Å². The van der Waals surface area contributed by atoms with Crippen molar-refractivity contribution in [2.45, 2.75) is 13.3 Å². The van der Waals surface area contributed by atoms with Crippen LogP contribution in [0.1, 0.15) is 12.5 Å². The van der Waals surface area contributed by atoms with Crippen molar-refractivity contribution in [2.24, 2.45) is 0 Å². The first-order valence-electron chi connectivity index (χ1n) is 6.03. The van der Waals surface area contributed by atoms with Crippen molar-refractivity contribution < 1.29 is 4.52 Å². The molecule has 3 rings (SSSR count). The summed E-state index contributed by atoms with van der Waals surface area (Å²) in [4.78, 5) is 0. The first kappa shape index (κ1) is 10.8. The fourth-order valence-corrected chi connectivity index (χ4v) is 2.31. The van der Waals surface area contributed by atoms with Crippen LogP contribution in [-0.2, 0) is 6.42 Å². The monoisotopic (exact) mass is 238 g/mol. The molecule has 0 amide bonds. The van der Waals surface area contributed by atoms with E-state index in [2.05, 4.69) is 36.3 Å². The van der Waals surface area contributed by atoms with Crippen molar-refractivity contribution in [3.05, 3.63) is 48.0 Å². The van der Waals surface area contributed by atoms with Gasteiger partial charge in [0.25, 0.3) is 0 Å². The van der Waals surface area contributed by atoms with E-state index in [1.165, 1.54) is 10.8 Å². The van der Waals surface area contributed by atoms with Gasteiger partial charge in [-0.05, 0) is 17.2 Å². The third kappa shape index (κ3) is 1.56. The van der Waals surface area contributed by atoms with Crippen LogP contribution in [0.3, 0.4) is 0 Å². The molecule has 3 heteroatoms. The van der Waals surface area contributed by atoms with Gasteiger partial charge in [0.05, 0.1) is 0 Å². The molecule has 0 aliphatic rings. The molecule has 0 spiro atoms. The number of benzene rings is 2. The second kappa shape index (κ2) is 4.18. The molecular formula is C15H14N2O. The lowest BCUT2D eigenvalue weighted by Gasteiger charge is -2.04. The predicted octanol–water partition coefficient (Wildman–Crippen LogP) is 3.64. The van der Waals surface area contributed by atoms with Crippen LogP contribution in [-0.4, -0.2) is 5.16 Å². The number of hydrogen-bond donors (Lipinski definition) is 1. The molecule has 0 saturated heterocycles. The Morgan fingerprint density at radius 1 is 1.11 bits per heavy atom. The summed E-state index contributed by atoms with van der Waals surface area (Å²) in [6, 6.07) is 14.4. The Morgan fingerprint density at radius 2 is 1.89 bits per heavy atom. The molecule has 0 bridgehead atoms. The van der Waals surface area contributed by atoms with Crippen molar-refractivity contribution in [3.63, 3.8) is 0 Å². The molecule has 2 aromatic carbocycles. The molecule has 1 aromatic heterocycles. The number of nitrogens with zero attached hydrogens (tertiary/aromatic N) is 1. The highest BCUT2D eigenvalue weighted by Gasteiger charge is 2.15. The fraction of sp³-hybridized carbons (Fsp3) is 0.133. The molecule has 3 nitrogen and oxygen atoms in total. The van der Waals surface area contributed by atoms with Gasteiger partial charge in [-0.25, -0.2) is 0 Å². The lowest BCUT2D eigenvalue weighted by Crippen LogP contribution is -1.90. The maximum absolute atomic E-state index is 5.80. The van der Waals surface area contributed by atoms with E-state index >= 15 is 0 Å². The molecule has 90 valence electrons. The molecular weight excluding hydrogens is 224 g/mol. The van der Waals surface area contributed by atoms with E-state index in [9.17, 15) is 0 Å². The molecule has 2 N–H and O–H groups in total. The van der Waals surface area contributed by atoms with Crippen LogP contribution in [0.15, 0.2) is 47.0 Å². The number of hydrogen-bond acceptors (Lipinski definition) is 3. The molecule has 3 aromatic rings. The Bertz CT molecular complexity index is 695. The molecule has 0 fully saturated rings. The summed E-state index contributed by atoms with van der Waals surface area (Å²) in [5, 5.41) is 6.47. The van der Waals surface area contributed by atoms with Gasteiger partial charge in [0.15, 0.2) is 0 Å². The zero-order chi connectivity index (χ0) is 12.5. The minimum atomic E-state index is 0.417. The van der Waals surface area contributed by atoms with Gasteiger partial charge < -0.3 is 10.3 Å². The minimum Gasteiger partial charge on any atom is -0.367 e. The van der Waals surface area contributed by atoms with Crippen molar-refractivity contribution >= 4 is 16.7 Å². The fourth-order valence-electron chi connectivity index (χ4n) is 2.31. The van der Waals surface area contributed by atoms with Crippen molar-refractivity contribution in [1.29, 1.82) is 0 Å². The van der Waals surface area contributed by atoms with E-state index in [1.807, 2.05) is 18.2 Å². The van der Waals surface area contributed by atoms with E-state index in [1.54, 1.807) is 0 Å². The topological polar surface area (TPSA) is 52.0 Å². The third-order valence-electron chi connectivity index (χ3n) is 3.22. The van der Waals surface area contributed by atoms with Gasteiger partial charge in [-0.1, -0.05) is 54.5 Å². The van der Waals surface area contributed by atoms with Gasteiger partial charge in [0.2, 0.25) is 5.88 Å².